The Morgan fingerprint density at radius 3 is 2.76 bits per heavy atom. The van der Waals surface area contributed by atoms with Gasteiger partial charge in [-0.1, -0.05) is 37.3 Å². The fourth-order valence-corrected chi connectivity index (χ4v) is 3.42. The predicted octanol–water partition coefficient (Wildman–Crippen LogP) is 4.38. The Balaban J connectivity index is 0.00000225. The number of benzene rings is 1. The summed E-state index contributed by atoms with van der Waals surface area (Å²) in [4.78, 5) is 10.2. The van der Waals surface area contributed by atoms with Crippen molar-refractivity contribution in [2.75, 3.05) is 13.6 Å². The fourth-order valence-electron chi connectivity index (χ4n) is 2.63. The van der Waals surface area contributed by atoms with Crippen molar-refractivity contribution in [2.45, 2.75) is 19.4 Å². The molecule has 0 saturated carbocycles. The third kappa shape index (κ3) is 5.15. The van der Waals surface area contributed by atoms with Crippen LogP contribution in [0.2, 0.25) is 0 Å². The van der Waals surface area contributed by atoms with Gasteiger partial charge in [0.15, 0.2) is 5.96 Å². The monoisotopic (exact) mass is 466 g/mol. The van der Waals surface area contributed by atoms with Crippen LogP contribution in [-0.4, -0.2) is 24.5 Å². The smallest absolute Gasteiger partial charge is 0.191 e. The average Bonchev–Trinajstić information content (AvgIpc) is 3.16. The number of thiophene rings is 1. The van der Waals surface area contributed by atoms with Gasteiger partial charge in [-0.25, -0.2) is 0 Å². The average molecular weight is 466 g/mol. The van der Waals surface area contributed by atoms with Gasteiger partial charge in [-0.2, -0.15) is 0 Å². The number of nitrogens with one attached hydrogen (secondary N) is 2. The molecule has 0 fully saturated rings. The standard InChI is InChI=1S/C19H22N4S.HI/c1-14(17-9-5-11-24-17)12-22-19(20-2)23-13-16-7-3-6-15-8-4-10-21-18(15)16;/h3-11,14H,12-13H2,1-2H3,(H2,20,22,23);1H. The Morgan fingerprint density at radius 2 is 2.00 bits per heavy atom. The summed E-state index contributed by atoms with van der Waals surface area (Å²) in [6, 6.07) is 14.6. The minimum atomic E-state index is 0. The van der Waals surface area contributed by atoms with E-state index in [9.17, 15) is 0 Å². The van der Waals surface area contributed by atoms with Crippen molar-refractivity contribution in [1.29, 1.82) is 0 Å². The lowest BCUT2D eigenvalue weighted by atomic mass is 10.1. The van der Waals surface area contributed by atoms with E-state index in [0.29, 0.717) is 12.5 Å². The summed E-state index contributed by atoms with van der Waals surface area (Å²) >= 11 is 1.79. The lowest BCUT2D eigenvalue weighted by molar-refractivity contribution is 0.708. The molecule has 4 nitrogen and oxygen atoms in total. The fraction of sp³-hybridized carbons (Fsp3) is 0.263. The largest absolute Gasteiger partial charge is 0.356 e. The van der Waals surface area contributed by atoms with Crippen LogP contribution in [0, 0.1) is 0 Å². The molecule has 0 amide bonds. The normalized spacial score (nSPS) is 12.5. The molecule has 6 heteroatoms. The van der Waals surface area contributed by atoms with Crippen molar-refractivity contribution in [1.82, 2.24) is 15.6 Å². The molecular weight excluding hydrogens is 443 g/mol. The Bertz CT molecular complexity index is 812. The van der Waals surface area contributed by atoms with Gasteiger partial charge in [0.1, 0.15) is 0 Å². The van der Waals surface area contributed by atoms with Crippen LogP contribution >= 0.6 is 35.3 Å². The van der Waals surface area contributed by atoms with E-state index >= 15 is 0 Å². The van der Waals surface area contributed by atoms with Gasteiger partial charge in [0.2, 0.25) is 0 Å². The third-order valence-electron chi connectivity index (χ3n) is 3.99. The van der Waals surface area contributed by atoms with Crippen LogP contribution in [-0.2, 0) is 6.54 Å². The summed E-state index contributed by atoms with van der Waals surface area (Å²) in [5.74, 6) is 1.27. The Morgan fingerprint density at radius 1 is 1.16 bits per heavy atom. The number of rotatable bonds is 5. The number of para-hydroxylation sites is 1. The minimum Gasteiger partial charge on any atom is -0.356 e. The number of pyridine rings is 1. The Hall–Kier alpha value is -1.67. The summed E-state index contributed by atoms with van der Waals surface area (Å²) < 4.78 is 0. The molecule has 3 aromatic rings. The van der Waals surface area contributed by atoms with E-state index in [1.807, 2.05) is 12.3 Å². The molecule has 0 aliphatic carbocycles. The highest BCUT2D eigenvalue weighted by Gasteiger charge is 2.08. The summed E-state index contributed by atoms with van der Waals surface area (Å²) in [6.07, 6.45) is 1.83. The van der Waals surface area contributed by atoms with Crippen LogP contribution in [0.5, 0.6) is 0 Å². The molecule has 0 aliphatic heterocycles. The lowest BCUT2D eigenvalue weighted by Gasteiger charge is -2.15. The van der Waals surface area contributed by atoms with Crippen LogP contribution in [0.15, 0.2) is 59.0 Å². The minimum absolute atomic E-state index is 0. The topological polar surface area (TPSA) is 49.3 Å². The number of aliphatic imine (C=N–C) groups is 1. The summed E-state index contributed by atoms with van der Waals surface area (Å²) in [5.41, 5.74) is 2.21. The molecule has 2 heterocycles. The van der Waals surface area contributed by atoms with Gasteiger partial charge in [0.05, 0.1) is 5.52 Å². The van der Waals surface area contributed by atoms with Crippen LogP contribution in [0.1, 0.15) is 23.3 Å². The maximum Gasteiger partial charge on any atom is 0.191 e. The molecule has 3 rings (SSSR count). The Kier molecular flexibility index (Phi) is 7.64. The van der Waals surface area contributed by atoms with Gasteiger partial charge in [-0.15, -0.1) is 35.3 Å². The van der Waals surface area contributed by atoms with Crippen LogP contribution in [0.4, 0.5) is 0 Å². The first-order valence-corrected chi connectivity index (χ1v) is 8.96. The zero-order valence-corrected chi connectivity index (χ0v) is 17.5. The molecule has 0 bridgehead atoms. The van der Waals surface area contributed by atoms with Gasteiger partial charge < -0.3 is 10.6 Å². The van der Waals surface area contributed by atoms with Crippen molar-refractivity contribution in [2.24, 2.45) is 4.99 Å². The molecule has 0 radical (unpaired) electrons. The molecule has 0 spiro atoms. The van der Waals surface area contributed by atoms with E-state index in [1.165, 1.54) is 10.4 Å². The first-order chi connectivity index (χ1) is 11.8. The molecule has 2 N–H and O–H groups in total. The highest BCUT2D eigenvalue weighted by molar-refractivity contribution is 14.0. The van der Waals surface area contributed by atoms with Crippen molar-refractivity contribution in [3.05, 3.63) is 64.5 Å². The summed E-state index contributed by atoms with van der Waals surface area (Å²) in [6.45, 7) is 3.77. The first kappa shape index (κ1) is 19.7. The zero-order chi connectivity index (χ0) is 16.8. The highest BCUT2D eigenvalue weighted by Crippen LogP contribution is 2.19. The second kappa shape index (κ2) is 9.72. The van der Waals surface area contributed by atoms with Crippen LogP contribution in [0.25, 0.3) is 10.9 Å². The number of fused-ring (bicyclic) bond motifs is 1. The third-order valence-corrected chi connectivity index (χ3v) is 5.09. The summed E-state index contributed by atoms with van der Waals surface area (Å²) in [7, 11) is 1.80. The Labute approximate surface area is 169 Å². The van der Waals surface area contributed by atoms with Gasteiger partial charge in [0.25, 0.3) is 0 Å². The van der Waals surface area contributed by atoms with Crippen molar-refractivity contribution < 1.29 is 0 Å². The molecule has 25 heavy (non-hydrogen) atoms. The van der Waals surface area contributed by atoms with E-state index in [1.54, 1.807) is 18.4 Å². The van der Waals surface area contributed by atoms with Gasteiger partial charge in [0, 0.05) is 42.5 Å². The van der Waals surface area contributed by atoms with E-state index in [0.717, 1.165) is 23.4 Å². The van der Waals surface area contributed by atoms with Crippen LogP contribution < -0.4 is 10.6 Å². The van der Waals surface area contributed by atoms with Crippen molar-refractivity contribution in [3.63, 3.8) is 0 Å². The first-order valence-electron chi connectivity index (χ1n) is 8.08. The second-order valence-electron chi connectivity index (χ2n) is 5.72. The number of hydrogen-bond acceptors (Lipinski definition) is 3. The molecule has 2 aromatic heterocycles. The van der Waals surface area contributed by atoms with E-state index in [4.69, 9.17) is 0 Å². The number of hydrogen-bond donors (Lipinski definition) is 2. The molecule has 0 aliphatic rings. The quantitative estimate of drug-likeness (QED) is 0.333. The zero-order valence-electron chi connectivity index (χ0n) is 14.4. The summed E-state index contributed by atoms with van der Waals surface area (Å²) in [5, 5.41) is 10.1. The second-order valence-corrected chi connectivity index (χ2v) is 6.69. The predicted molar refractivity (Wildman–Crippen MR) is 118 cm³/mol. The maximum atomic E-state index is 4.49. The van der Waals surface area contributed by atoms with Gasteiger partial charge >= 0.3 is 0 Å². The molecule has 0 saturated heterocycles. The van der Waals surface area contributed by atoms with E-state index < -0.39 is 0 Å². The molecule has 1 aromatic carbocycles. The molecule has 132 valence electrons. The maximum absolute atomic E-state index is 4.49. The van der Waals surface area contributed by atoms with Gasteiger partial charge in [-0.3, -0.25) is 9.98 Å². The lowest BCUT2D eigenvalue weighted by Crippen LogP contribution is -2.38. The molecular formula is C19H23IN4S. The number of halogens is 1. The number of guanidine groups is 1. The molecule has 1 unspecified atom stereocenters. The number of nitrogens with zero attached hydrogens (tertiary/aromatic N) is 2. The SMILES string of the molecule is CN=C(NCc1cccc2cccnc12)NCC(C)c1cccs1.I. The van der Waals surface area contributed by atoms with E-state index in [-0.39, 0.29) is 24.0 Å². The van der Waals surface area contributed by atoms with Gasteiger partial charge in [-0.05, 0) is 23.1 Å². The van der Waals surface area contributed by atoms with Crippen molar-refractivity contribution >= 4 is 52.2 Å². The number of aromatic nitrogens is 1. The molecule has 1 atom stereocenters. The van der Waals surface area contributed by atoms with Crippen LogP contribution in [0.3, 0.4) is 0 Å². The van der Waals surface area contributed by atoms with Crippen molar-refractivity contribution in [3.8, 4) is 0 Å². The van der Waals surface area contributed by atoms with E-state index in [2.05, 4.69) is 69.3 Å². The highest BCUT2D eigenvalue weighted by atomic mass is 127.